The molecule has 0 atom stereocenters. The summed E-state index contributed by atoms with van der Waals surface area (Å²) in [5.41, 5.74) is 6.74. The van der Waals surface area contributed by atoms with Crippen molar-refractivity contribution in [2.45, 2.75) is 6.92 Å². The molecule has 1 aromatic heterocycles. The second-order valence-electron chi connectivity index (χ2n) is 5.53. The standard InChI is InChI=1S/C19H17ClN4O3/c1-2-27-15-9-5-13(6-10-15)18(25)23-24-19(26)16-11-21-22-17(16)12-3-7-14(20)8-4-12/h3-11H,2H2,1H3,(H,21,22)(H,23,25)(H,24,26). The van der Waals surface area contributed by atoms with Crippen LogP contribution < -0.4 is 15.6 Å². The summed E-state index contributed by atoms with van der Waals surface area (Å²) in [6.07, 6.45) is 1.39. The molecule has 0 saturated carbocycles. The second-order valence-corrected chi connectivity index (χ2v) is 5.97. The first-order valence-electron chi connectivity index (χ1n) is 8.21. The molecular weight excluding hydrogens is 368 g/mol. The molecule has 27 heavy (non-hydrogen) atoms. The Labute approximate surface area is 160 Å². The van der Waals surface area contributed by atoms with E-state index in [-0.39, 0.29) is 0 Å². The van der Waals surface area contributed by atoms with Crippen molar-refractivity contribution in [3.63, 3.8) is 0 Å². The molecule has 7 nitrogen and oxygen atoms in total. The number of carbonyl (C=O) groups excluding carboxylic acids is 2. The van der Waals surface area contributed by atoms with E-state index in [0.29, 0.717) is 34.2 Å². The lowest BCUT2D eigenvalue weighted by molar-refractivity contribution is 0.0847. The van der Waals surface area contributed by atoms with E-state index in [9.17, 15) is 9.59 Å². The van der Waals surface area contributed by atoms with Gasteiger partial charge in [0.25, 0.3) is 11.8 Å². The maximum absolute atomic E-state index is 12.4. The predicted octanol–water partition coefficient (Wildman–Crippen LogP) is 3.20. The highest BCUT2D eigenvalue weighted by molar-refractivity contribution is 6.30. The molecule has 0 unspecified atom stereocenters. The van der Waals surface area contributed by atoms with Crippen molar-refractivity contribution in [1.82, 2.24) is 21.0 Å². The van der Waals surface area contributed by atoms with Crippen LogP contribution in [0.25, 0.3) is 11.3 Å². The third-order valence-electron chi connectivity index (χ3n) is 3.73. The predicted molar refractivity (Wildman–Crippen MR) is 102 cm³/mol. The third-order valence-corrected chi connectivity index (χ3v) is 3.99. The van der Waals surface area contributed by atoms with Gasteiger partial charge in [0.1, 0.15) is 5.75 Å². The maximum Gasteiger partial charge on any atom is 0.273 e. The van der Waals surface area contributed by atoms with Crippen molar-refractivity contribution < 1.29 is 14.3 Å². The van der Waals surface area contributed by atoms with Gasteiger partial charge in [-0.1, -0.05) is 23.7 Å². The fourth-order valence-corrected chi connectivity index (χ4v) is 2.54. The van der Waals surface area contributed by atoms with Crippen molar-refractivity contribution in [1.29, 1.82) is 0 Å². The van der Waals surface area contributed by atoms with Gasteiger partial charge in [-0.3, -0.25) is 25.5 Å². The molecule has 0 radical (unpaired) electrons. The highest BCUT2D eigenvalue weighted by Crippen LogP contribution is 2.22. The van der Waals surface area contributed by atoms with Gasteiger partial charge in [0, 0.05) is 16.1 Å². The summed E-state index contributed by atoms with van der Waals surface area (Å²) in [4.78, 5) is 24.6. The van der Waals surface area contributed by atoms with E-state index in [2.05, 4.69) is 21.0 Å². The Balaban J connectivity index is 1.65. The van der Waals surface area contributed by atoms with Gasteiger partial charge >= 0.3 is 0 Å². The zero-order valence-corrected chi connectivity index (χ0v) is 15.2. The molecule has 0 fully saturated rings. The molecule has 0 aliphatic carbocycles. The number of carbonyl (C=O) groups is 2. The van der Waals surface area contributed by atoms with Gasteiger partial charge in [-0.2, -0.15) is 5.10 Å². The van der Waals surface area contributed by atoms with E-state index < -0.39 is 11.8 Å². The Morgan fingerprint density at radius 3 is 2.37 bits per heavy atom. The van der Waals surface area contributed by atoms with E-state index in [1.165, 1.54) is 6.20 Å². The van der Waals surface area contributed by atoms with E-state index >= 15 is 0 Å². The van der Waals surface area contributed by atoms with Crippen LogP contribution in [0.15, 0.2) is 54.7 Å². The highest BCUT2D eigenvalue weighted by atomic mass is 35.5. The number of hydrazine groups is 1. The number of amides is 2. The van der Waals surface area contributed by atoms with Crippen LogP contribution in [0.1, 0.15) is 27.6 Å². The van der Waals surface area contributed by atoms with Gasteiger partial charge in [0.05, 0.1) is 24.1 Å². The zero-order valence-electron chi connectivity index (χ0n) is 14.5. The summed E-state index contributed by atoms with van der Waals surface area (Å²) < 4.78 is 5.33. The molecule has 3 rings (SSSR count). The Hall–Kier alpha value is -3.32. The highest BCUT2D eigenvalue weighted by Gasteiger charge is 2.16. The van der Waals surface area contributed by atoms with Crippen molar-refractivity contribution in [2.24, 2.45) is 0 Å². The van der Waals surface area contributed by atoms with Crippen molar-refractivity contribution >= 4 is 23.4 Å². The van der Waals surface area contributed by atoms with Crippen LogP contribution in [0.3, 0.4) is 0 Å². The number of ether oxygens (including phenoxy) is 1. The van der Waals surface area contributed by atoms with E-state index in [0.717, 1.165) is 5.56 Å². The number of H-pyrrole nitrogens is 1. The molecule has 0 aliphatic rings. The molecule has 3 N–H and O–H groups in total. The fourth-order valence-electron chi connectivity index (χ4n) is 2.42. The number of benzene rings is 2. The van der Waals surface area contributed by atoms with Crippen LogP contribution >= 0.6 is 11.6 Å². The van der Waals surface area contributed by atoms with Crippen LogP contribution in [0.5, 0.6) is 5.75 Å². The Morgan fingerprint density at radius 2 is 1.70 bits per heavy atom. The minimum absolute atomic E-state index is 0.296. The molecule has 8 heteroatoms. The normalized spacial score (nSPS) is 10.3. The number of halogens is 1. The van der Waals surface area contributed by atoms with Crippen LogP contribution in [-0.2, 0) is 0 Å². The minimum atomic E-state index is -0.493. The zero-order chi connectivity index (χ0) is 19.2. The quantitative estimate of drug-likeness (QED) is 0.588. The Morgan fingerprint density at radius 1 is 1.04 bits per heavy atom. The van der Waals surface area contributed by atoms with Crippen LogP contribution in [0.4, 0.5) is 0 Å². The van der Waals surface area contributed by atoms with Gasteiger partial charge in [0.15, 0.2) is 0 Å². The number of aromatic nitrogens is 2. The molecule has 1 heterocycles. The minimum Gasteiger partial charge on any atom is -0.494 e. The fraction of sp³-hybridized carbons (Fsp3) is 0.105. The molecule has 0 bridgehead atoms. The molecule has 3 aromatic rings. The molecular formula is C19H17ClN4O3. The maximum atomic E-state index is 12.4. The summed E-state index contributed by atoms with van der Waals surface area (Å²) in [5, 5.41) is 7.28. The Bertz CT molecular complexity index is 936. The van der Waals surface area contributed by atoms with Crippen molar-refractivity contribution in [2.75, 3.05) is 6.61 Å². The number of hydrogen-bond acceptors (Lipinski definition) is 4. The summed E-state index contributed by atoms with van der Waals surface area (Å²) in [6, 6.07) is 13.6. The van der Waals surface area contributed by atoms with Crippen LogP contribution in [0, 0.1) is 0 Å². The number of nitrogens with one attached hydrogen (secondary N) is 3. The average molecular weight is 385 g/mol. The summed E-state index contributed by atoms with van der Waals surface area (Å²) in [6.45, 7) is 2.42. The Kier molecular flexibility index (Phi) is 5.73. The first-order chi connectivity index (χ1) is 13.1. The van der Waals surface area contributed by atoms with E-state index in [1.54, 1.807) is 48.5 Å². The monoisotopic (exact) mass is 384 g/mol. The van der Waals surface area contributed by atoms with Gasteiger partial charge in [-0.25, -0.2) is 0 Å². The number of hydrogen-bond donors (Lipinski definition) is 3. The van der Waals surface area contributed by atoms with Gasteiger partial charge in [-0.15, -0.1) is 0 Å². The van der Waals surface area contributed by atoms with Crippen molar-refractivity contribution in [3.05, 3.63) is 70.9 Å². The SMILES string of the molecule is CCOc1ccc(C(=O)NNC(=O)c2cn[nH]c2-c2ccc(Cl)cc2)cc1. The summed E-state index contributed by atoms with van der Waals surface area (Å²) >= 11 is 5.89. The first kappa shape index (κ1) is 18.5. The number of rotatable bonds is 5. The van der Waals surface area contributed by atoms with Gasteiger partial charge in [0.2, 0.25) is 0 Å². The number of aromatic amines is 1. The molecule has 2 amide bonds. The second kappa shape index (κ2) is 8.37. The molecule has 2 aromatic carbocycles. The number of nitrogens with zero attached hydrogens (tertiary/aromatic N) is 1. The average Bonchev–Trinajstić information content (AvgIpc) is 3.17. The van der Waals surface area contributed by atoms with Crippen LogP contribution in [-0.4, -0.2) is 28.6 Å². The third kappa shape index (κ3) is 4.45. The van der Waals surface area contributed by atoms with E-state index in [1.807, 2.05) is 6.92 Å². The molecule has 0 saturated heterocycles. The smallest absolute Gasteiger partial charge is 0.273 e. The largest absolute Gasteiger partial charge is 0.494 e. The lowest BCUT2D eigenvalue weighted by Crippen LogP contribution is -2.41. The molecule has 0 aliphatic heterocycles. The lowest BCUT2D eigenvalue weighted by atomic mass is 10.1. The topological polar surface area (TPSA) is 96.1 Å². The van der Waals surface area contributed by atoms with Gasteiger partial charge < -0.3 is 4.74 Å². The van der Waals surface area contributed by atoms with E-state index in [4.69, 9.17) is 16.3 Å². The summed E-state index contributed by atoms with van der Waals surface area (Å²) in [7, 11) is 0. The van der Waals surface area contributed by atoms with Gasteiger partial charge in [-0.05, 0) is 43.3 Å². The summed E-state index contributed by atoms with van der Waals surface area (Å²) in [5.74, 6) is -0.264. The van der Waals surface area contributed by atoms with Crippen LogP contribution in [0.2, 0.25) is 5.02 Å². The first-order valence-corrected chi connectivity index (χ1v) is 8.59. The van der Waals surface area contributed by atoms with Crippen molar-refractivity contribution in [3.8, 4) is 17.0 Å². The molecule has 138 valence electrons. The molecule has 0 spiro atoms. The lowest BCUT2D eigenvalue weighted by Gasteiger charge is -2.09.